The molecule has 0 saturated carbocycles. The minimum Gasteiger partial charge on any atom is -0.374 e. The van der Waals surface area contributed by atoms with E-state index in [1.165, 1.54) is 0 Å². The Balaban J connectivity index is 2.06. The summed E-state index contributed by atoms with van der Waals surface area (Å²) in [5, 5.41) is 15.5. The van der Waals surface area contributed by atoms with E-state index in [2.05, 4.69) is 15.6 Å². The van der Waals surface area contributed by atoms with Crippen LogP contribution >= 0.6 is 11.6 Å². The number of halogens is 1. The molecule has 1 amide bonds. The van der Waals surface area contributed by atoms with E-state index < -0.39 is 0 Å². The summed E-state index contributed by atoms with van der Waals surface area (Å²) in [7, 11) is 0. The highest BCUT2D eigenvalue weighted by molar-refractivity contribution is 6.35. The van der Waals surface area contributed by atoms with Crippen LogP contribution in [0.5, 0.6) is 0 Å². The molecule has 0 saturated heterocycles. The highest BCUT2D eigenvalue weighted by atomic mass is 35.5. The number of fused-ring (bicyclic) bond motifs is 1. The third-order valence-corrected chi connectivity index (χ3v) is 3.04. The largest absolute Gasteiger partial charge is 0.374 e. The lowest BCUT2D eigenvalue weighted by molar-refractivity contribution is -0.119. The maximum atomic E-state index is 11.6. The second kappa shape index (κ2) is 6.73. The number of nitrogens with zero attached hydrogens (tertiary/aromatic N) is 2. The van der Waals surface area contributed by atoms with E-state index >= 15 is 0 Å². The van der Waals surface area contributed by atoms with Crippen molar-refractivity contribution in [3.8, 4) is 6.07 Å². The van der Waals surface area contributed by atoms with Crippen LogP contribution in [0.1, 0.15) is 6.42 Å². The van der Waals surface area contributed by atoms with Crippen molar-refractivity contribution in [3.05, 3.63) is 35.5 Å². The van der Waals surface area contributed by atoms with Gasteiger partial charge in [0.15, 0.2) is 0 Å². The molecule has 0 unspecified atom stereocenters. The second-order valence-corrected chi connectivity index (χ2v) is 4.51. The van der Waals surface area contributed by atoms with Crippen molar-refractivity contribution < 1.29 is 4.79 Å². The molecular formula is C14H13ClN4O. The van der Waals surface area contributed by atoms with E-state index in [1.54, 1.807) is 18.3 Å². The van der Waals surface area contributed by atoms with Crippen LogP contribution < -0.4 is 10.6 Å². The number of nitrogens with one attached hydrogen (secondary N) is 2. The number of benzene rings is 1. The molecular weight excluding hydrogens is 276 g/mol. The Labute approximate surface area is 121 Å². The number of pyridine rings is 1. The fourth-order valence-electron chi connectivity index (χ4n) is 1.78. The summed E-state index contributed by atoms with van der Waals surface area (Å²) in [6, 6.07) is 9.21. The zero-order valence-electron chi connectivity index (χ0n) is 10.7. The fraction of sp³-hybridized carbons (Fsp3) is 0.214. The lowest BCUT2D eigenvalue weighted by Gasteiger charge is -2.10. The number of nitriles is 1. The molecule has 6 heteroatoms. The van der Waals surface area contributed by atoms with Crippen LogP contribution in [0.2, 0.25) is 5.02 Å². The van der Waals surface area contributed by atoms with Crippen LogP contribution in [0.15, 0.2) is 30.5 Å². The maximum Gasteiger partial charge on any atom is 0.239 e. The number of amides is 1. The van der Waals surface area contributed by atoms with Gasteiger partial charge in [0.05, 0.1) is 35.3 Å². The fourth-order valence-corrected chi connectivity index (χ4v) is 1.99. The van der Waals surface area contributed by atoms with Crippen molar-refractivity contribution in [3.63, 3.8) is 0 Å². The van der Waals surface area contributed by atoms with Crippen LogP contribution in [0.4, 0.5) is 5.69 Å². The van der Waals surface area contributed by atoms with E-state index in [0.717, 1.165) is 16.6 Å². The van der Waals surface area contributed by atoms with E-state index in [1.807, 2.05) is 18.2 Å². The lowest BCUT2D eigenvalue weighted by atomic mass is 10.2. The summed E-state index contributed by atoms with van der Waals surface area (Å²) in [6.45, 7) is 0.482. The lowest BCUT2D eigenvalue weighted by Crippen LogP contribution is -2.30. The molecule has 0 atom stereocenters. The van der Waals surface area contributed by atoms with Gasteiger partial charge >= 0.3 is 0 Å². The minimum absolute atomic E-state index is 0.124. The number of carbonyl (C=O) groups is 1. The quantitative estimate of drug-likeness (QED) is 0.828. The third kappa shape index (κ3) is 3.37. The first-order chi connectivity index (χ1) is 9.72. The Morgan fingerprint density at radius 2 is 2.25 bits per heavy atom. The van der Waals surface area contributed by atoms with E-state index in [-0.39, 0.29) is 12.5 Å². The number of hydrogen-bond donors (Lipinski definition) is 2. The average Bonchev–Trinajstić information content (AvgIpc) is 2.47. The number of anilines is 1. The first-order valence-corrected chi connectivity index (χ1v) is 6.51. The first kappa shape index (κ1) is 14.1. The average molecular weight is 289 g/mol. The molecule has 0 bridgehead atoms. The Hall–Kier alpha value is -2.32. The van der Waals surface area contributed by atoms with Gasteiger partial charge in [-0.15, -0.1) is 0 Å². The number of hydrogen-bond acceptors (Lipinski definition) is 4. The summed E-state index contributed by atoms with van der Waals surface area (Å²) < 4.78 is 0. The molecule has 0 aliphatic rings. The molecule has 2 N–H and O–H groups in total. The molecule has 5 nitrogen and oxygen atoms in total. The van der Waals surface area contributed by atoms with Gasteiger partial charge < -0.3 is 10.6 Å². The standard InChI is InChI=1S/C14H13ClN4O/c15-11-4-5-12(14-10(11)3-1-7-18-14)19-9-13(20)17-8-2-6-16/h1,3-5,7,19H,2,8-9H2,(H,17,20). The number of aromatic nitrogens is 1. The zero-order chi connectivity index (χ0) is 14.4. The molecule has 0 spiro atoms. The number of rotatable bonds is 5. The van der Waals surface area contributed by atoms with Gasteiger partial charge in [-0.25, -0.2) is 0 Å². The monoisotopic (exact) mass is 288 g/mol. The van der Waals surface area contributed by atoms with Crippen molar-refractivity contribution in [2.75, 3.05) is 18.4 Å². The summed E-state index contributed by atoms with van der Waals surface area (Å²) >= 11 is 6.10. The molecule has 0 aliphatic heterocycles. The van der Waals surface area contributed by atoms with Gasteiger partial charge in [-0.05, 0) is 24.3 Å². The molecule has 0 radical (unpaired) electrons. The second-order valence-electron chi connectivity index (χ2n) is 4.11. The predicted molar refractivity (Wildman–Crippen MR) is 78.5 cm³/mol. The van der Waals surface area contributed by atoms with Crippen molar-refractivity contribution in [2.45, 2.75) is 6.42 Å². The van der Waals surface area contributed by atoms with Crippen molar-refractivity contribution >= 4 is 34.1 Å². The summed E-state index contributed by atoms with van der Waals surface area (Å²) in [5.74, 6) is -0.167. The van der Waals surface area contributed by atoms with Gasteiger partial charge in [0.2, 0.25) is 5.91 Å². The molecule has 2 aromatic rings. The van der Waals surface area contributed by atoms with Gasteiger partial charge in [0.1, 0.15) is 0 Å². The van der Waals surface area contributed by atoms with Crippen LogP contribution in [0.25, 0.3) is 10.9 Å². The molecule has 102 valence electrons. The van der Waals surface area contributed by atoms with Gasteiger partial charge in [-0.3, -0.25) is 9.78 Å². The Morgan fingerprint density at radius 1 is 1.40 bits per heavy atom. The van der Waals surface area contributed by atoms with E-state index in [0.29, 0.717) is 18.0 Å². The Kier molecular flexibility index (Phi) is 4.75. The predicted octanol–water partition coefficient (Wildman–Crippen LogP) is 2.33. The van der Waals surface area contributed by atoms with Crippen molar-refractivity contribution in [1.82, 2.24) is 10.3 Å². The van der Waals surface area contributed by atoms with Gasteiger partial charge in [0, 0.05) is 18.1 Å². The van der Waals surface area contributed by atoms with Crippen molar-refractivity contribution in [2.24, 2.45) is 0 Å². The SMILES string of the molecule is N#CCCNC(=O)CNc1ccc(Cl)c2cccnc12. The van der Waals surface area contributed by atoms with Gasteiger partial charge in [0.25, 0.3) is 0 Å². The van der Waals surface area contributed by atoms with E-state index in [4.69, 9.17) is 16.9 Å². The highest BCUT2D eigenvalue weighted by Gasteiger charge is 2.07. The normalized spacial score (nSPS) is 10.0. The molecule has 0 aliphatic carbocycles. The highest BCUT2D eigenvalue weighted by Crippen LogP contribution is 2.27. The van der Waals surface area contributed by atoms with Crippen LogP contribution in [0.3, 0.4) is 0 Å². The molecule has 0 fully saturated rings. The zero-order valence-corrected chi connectivity index (χ0v) is 11.4. The molecule has 1 heterocycles. The Bertz CT molecular complexity index is 666. The summed E-state index contributed by atoms with van der Waals surface area (Å²) in [4.78, 5) is 15.8. The van der Waals surface area contributed by atoms with Crippen molar-refractivity contribution in [1.29, 1.82) is 5.26 Å². The number of carbonyl (C=O) groups excluding carboxylic acids is 1. The van der Waals surface area contributed by atoms with Crippen LogP contribution in [-0.4, -0.2) is 24.0 Å². The minimum atomic E-state index is -0.167. The molecule has 1 aromatic heterocycles. The summed E-state index contributed by atoms with van der Waals surface area (Å²) in [6.07, 6.45) is 1.98. The third-order valence-electron chi connectivity index (χ3n) is 2.71. The van der Waals surface area contributed by atoms with Crippen LogP contribution in [0, 0.1) is 11.3 Å². The first-order valence-electron chi connectivity index (χ1n) is 6.13. The Morgan fingerprint density at radius 3 is 3.05 bits per heavy atom. The van der Waals surface area contributed by atoms with Crippen LogP contribution in [-0.2, 0) is 4.79 Å². The maximum absolute atomic E-state index is 11.6. The molecule has 20 heavy (non-hydrogen) atoms. The molecule has 1 aromatic carbocycles. The van der Waals surface area contributed by atoms with E-state index in [9.17, 15) is 4.79 Å². The smallest absolute Gasteiger partial charge is 0.239 e. The van der Waals surface area contributed by atoms with Gasteiger partial charge in [-0.2, -0.15) is 5.26 Å². The van der Waals surface area contributed by atoms with Gasteiger partial charge in [-0.1, -0.05) is 11.6 Å². The summed E-state index contributed by atoms with van der Waals surface area (Å²) in [5.41, 5.74) is 1.48. The topological polar surface area (TPSA) is 77.8 Å². The molecule has 2 rings (SSSR count).